The summed E-state index contributed by atoms with van der Waals surface area (Å²) in [4.78, 5) is 4.10. The van der Waals surface area contributed by atoms with Crippen molar-refractivity contribution in [3.05, 3.63) is 59.1 Å². The van der Waals surface area contributed by atoms with Gasteiger partial charge in [-0.1, -0.05) is 34.5 Å². The van der Waals surface area contributed by atoms with Gasteiger partial charge in [-0.25, -0.2) is 4.57 Å². The summed E-state index contributed by atoms with van der Waals surface area (Å²) in [6.45, 7) is 1.89. The SMILES string of the molecule is Cc1cc[n+](/C=C(/[O-])c2ccc(Cl)cc2)cn1. The van der Waals surface area contributed by atoms with E-state index in [1.54, 1.807) is 41.4 Å². The van der Waals surface area contributed by atoms with Gasteiger partial charge < -0.3 is 5.11 Å². The minimum absolute atomic E-state index is 0.0858. The van der Waals surface area contributed by atoms with Gasteiger partial charge in [-0.15, -0.1) is 0 Å². The molecule has 0 saturated carbocycles. The second-order valence-electron chi connectivity index (χ2n) is 3.65. The average Bonchev–Trinajstić information content (AvgIpc) is 2.33. The molecule has 0 spiro atoms. The van der Waals surface area contributed by atoms with E-state index in [9.17, 15) is 5.11 Å². The zero-order chi connectivity index (χ0) is 12.3. The molecule has 0 saturated heterocycles. The van der Waals surface area contributed by atoms with Crippen molar-refractivity contribution in [3.63, 3.8) is 0 Å². The lowest BCUT2D eigenvalue weighted by atomic mass is 10.2. The fourth-order valence-electron chi connectivity index (χ4n) is 1.33. The molecule has 0 amide bonds. The van der Waals surface area contributed by atoms with Crippen LogP contribution in [0.5, 0.6) is 0 Å². The van der Waals surface area contributed by atoms with Crippen LogP contribution in [0.2, 0.25) is 5.02 Å². The van der Waals surface area contributed by atoms with E-state index >= 15 is 0 Å². The van der Waals surface area contributed by atoms with E-state index < -0.39 is 0 Å². The van der Waals surface area contributed by atoms with Gasteiger partial charge in [-0.2, -0.15) is 0 Å². The van der Waals surface area contributed by atoms with Gasteiger partial charge in [0.15, 0.2) is 5.69 Å². The van der Waals surface area contributed by atoms with E-state index in [1.165, 1.54) is 6.20 Å². The van der Waals surface area contributed by atoms with E-state index in [2.05, 4.69) is 4.98 Å². The zero-order valence-corrected chi connectivity index (χ0v) is 10.1. The molecule has 0 aliphatic carbocycles. The Morgan fingerprint density at radius 2 is 2.00 bits per heavy atom. The van der Waals surface area contributed by atoms with Crippen LogP contribution in [-0.2, 0) is 0 Å². The van der Waals surface area contributed by atoms with E-state index in [0.29, 0.717) is 10.6 Å². The molecule has 4 heteroatoms. The number of benzene rings is 1. The minimum Gasteiger partial charge on any atom is -0.870 e. The summed E-state index contributed by atoms with van der Waals surface area (Å²) in [6, 6.07) is 8.62. The highest BCUT2D eigenvalue weighted by atomic mass is 35.5. The van der Waals surface area contributed by atoms with Crippen molar-refractivity contribution in [2.24, 2.45) is 0 Å². The van der Waals surface area contributed by atoms with Crippen LogP contribution < -0.4 is 9.67 Å². The summed E-state index contributed by atoms with van der Waals surface area (Å²) in [6.07, 6.45) is 4.87. The summed E-state index contributed by atoms with van der Waals surface area (Å²) in [5, 5.41) is 12.5. The molecule has 0 N–H and O–H groups in total. The minimum atomic E-state index is -0.0858. The summed E-state index contributed by atoms with van der Waals surface area (Å²) in [7, 11) is 0. The van der Waals surface area contributed by atoms with Crippen LogP contribution in [0, 0.1) is 6.92 Å². The molecule has 0 aliphatic heterocycles. The van der Waals surface area contributed by atoms with Gasteiger partial charge in [0.1, 0.15) is 0 Å². The Hall–Kier alpha value is -1.87. The van der Waals surface area contributed by atoms with Crippen LogP contribution in [0.25, 0.3) is 12.0 Å². The molecule has 1 heterocycles. The molecule has 0 fully saturated rings. The number of nitrogens with zero attached hydrogens (tertiary/aromatic N) is 2. The van der Waals surface area contributed by atoms with Crippen molar-refractivity contribution in [3.8, 4) is 0 Å². The molecule has 0 bridgehead atoms. The van der Waals surface area contributed by atoms with Crippen LogP contribution in [0.1, 0.15) is 11.3 Å². The molecule has 86 valence electrons. The van der Waals surface area contributed by atoms with Crippen LogP contribution in [0.15, 0.2) is 42.9 Å². The zero-order valence-electron chi connectivity index (χ0n) is 9.30. The largest absolute Gasteiger partial charge is 0.870 e. The van der Waals surface area contributed by atoms with Crippen molar-refractivity contribution < 1.29 is 9.67 Å². The smallest absolute Gasteiger partial charge is 0.290 e. The first-order valence-electron chi connectivity index (χ1n) is 5.13. The van der Waals surface area contributed by atoms with Gasteiger partial charge in [0.25, 0.3) is 6.33 Å². The van der Waals surface area contributed by atoms with Crippen LogP contribution in [-0.4, -0.2) is 4.98 Å². The molecule has 0 aliphatic rings. The standard InChI is InChI=1S/C13H11ClN2O/c1-10-6-7-16(9-15-10)8-13(17)11-2-4-12(14)5-3-11/h2-9H,1H3/b13-8+. The molecule has 3 nitrogen and oxygen atoms in total. The normalized spacial score (nSPS) is 11.5. The molecule has 1 aromatic heterocycles. The number of halogens is 1. The summed E-state index contributed by atoms with van der Waals surface area (Å²) in [5.41, 5.74) is 1.51. The third-order valence-electron chi connectivity index (χ3n) is 2.28. The molecular weight excluding hydrogens is 236 g/mol. The summed E-state index contributed by atoms with van der Waals surface area (Å²) in [5.74, 6) is -0.0858. The highest BCUT2D eigenvalue weighted by Gasteiger charge is 1.97. The van der Waals surface area contributed by atoms with Crippen molar-refractivity contribution in [2.45, 2.75) is 6.92 Å². The maximum atomic E-state index is 11.9. The van der Waals surface area contributed by atoms with Crippen LogP contribution in [0.4, 0.5) is 0 Å². The monoisotopic (exact) mass is 246 g/mol. The molecule has 1 aromatic carbocycles. The first-order valence-corrected chi connectivity index (χ1v) is 5.51. The second-order valence-corrected chi connectivity index (χ2v) is 4.09. The van der Waals surface area contributed by atoms with Gasteiger partial charge in [0.05, 0.1) is 12.4 Å². The molecule has 0 radical (unpaired) electrons. The van der Waals surface area contributed by atoms with Crippen molar-refractivity contribution in [1.29, 1.82) is 0 Å². The molecule has 2 aromatic rings. The van der Waals surface area contributed by atoms with E-state index in [0.717, 1.165) is 5.69 Å². The average molecular weight is 247 g/mol. The van der Waals surface area contributed by atoms with Gasteiger partial charge in [-0.05, 0) is 17.7 Å². The highest BCUT2D eigenvalue weighted by Crippen LogP contribution is 2.13. The van der Waals surface area contributed by atoms with Gasteiger partial charge in [0.2, 0.25) is 0 Å². The summed E-state index contributed by atoms with van der Waals surface area (Å²) >= 11 is 5.76. The topological polar surface area (TPSA) is 39.8 Å². The first kappa shape index (κ1) is 11.6. The van der Waals surface area contributed by atoms with Crippen LogP contribution >= 0.6 is 11.6 Å². The summed E-state index contributed by atoms with van der Waals surface area (Å²) < 4.78 is 1.63. The number of rotatable bonds is 2. The third-order valence-corrected chi connectivity index (χ3v) is 2.53. The number of hydrogen-bond acceptors (Lipinski definition) is 2. The maximum absolute atomic E-state index is 11.9. The Balaban J connectivity index is 2.27. The van der Waals surface area contributed by atoms with Gasteiger partial charge >= 0.3 is 0 Å². The second kappa shape index (κ2) is 4.97. The highest BCUT2D eigenvalue weighted by molar-refractivity contribution is 6.30. The molecule has 2 rings (SSSR count). The molecule has 0 unspecified atom stereocenters. The lowest BCUT2D eigenvalue weighted by Crippen LogP contribution is -2.27. The maximum Gasteiger partial charge on any atom is 0.290 e. The number of aryl methyl sites for hydroxylation is 1. The van der Waals surface area contributed by atoms with Crippen molar-refractivity contribution in [1.82, 2.24) is 4.98 Å². The number of hydrogen-bond donors (Lipinski definition) is 0. The fraction of sp³-hybridized carbons (Fsp3) is 0.0769. The molecular formula is C13H11ClN2O. The lowest BCUT2D eigenvalue weighted by Gasteiger charge is -2.10. The van der Waals surface area contributed by atoms with E-state index in [1.807, 2.05) is 13.0 Å². The van der Waals surface area contributed by atoms with Crippen molar-refractivity contribution >= 4 is 23.6 Å². The van der Waals surface area contributed by atoms with Crippen molar-refractivity contribution in [2.75, 3.05) is 0 Å². The fourth-order valence-corrected chi connectivity index (χ4v) is 1.46. The van der Waals surface area contributed by atoms with E-state index in [4.69, 9.17) is 11.6 Å². The lowest BCUT2D eigenvalue weighted by molar-refractivity contribution is -0.573. The van der Waals surface area contributed by atoms with Crippen LogP contribution in [0.3, 0.4) is 0 Å². The quantitative estimate of drug-likeness (QED) is 0.597. The molecule has 0 atom stereocenters. The Morgan fingerprint density at radius 1 is 1.29 bits per heavy atom. The Kier molecular flexibility index (Phi) is 3.40. The number of aromatic nitrogens is 2. The Labute approximate surface area is 105 Å². The predicted octanol–water partition coefficient (Wildman–Crippen LogP) is 1.65. The van der Waals surface area contributed by atoms with Gasteiger partial charge in [-0.3, -0.25) is 0 Å². The third kappa shape index (κ3) is 3.04. The van der Waals surface area contributed by atoms with E-state index in [-0.39, 0.29) is 5.76 Å². The predicted molar refractivity (Wildman–Crippen MR) is 64.8 cm³/mol. The Morgan fingerprint density at radius 3 is 2.59 bits per heavy atom. The van der Waals surface area contributed by atoms with Gasteiger partial charge in [0, 0.05) is 18.0 Å². The Bertz CT molecular complexity index is 532. The molecule has 17 heavy (non-hydrogen) atoms. The first-order chi connectivity index (χ1) is 8.15.